The van der Waals surface area contributed by atoms with E-state index in [0.29, 0.717) is 36.6 Å². The van der Waals surface area contributed by atoms with Crippen LogP contribution in [0.3, 0.4) is 0 Å². The Kier molecular flexibility index (Phi) is 4.20. The van der Waals surface area contributed by atoms with Gasteiger partial charge in [0.05, 0.1) is 11.5 Å². The van der Waals surface area contributed by atoms with Crippen molar-refractivity contribution in [2.45, 2.75) is 32.3 Å². The number of aliphatic hydroxyl groups is 1. The number of halogens is 1. The number of hydrogen-bond donors (Lipinski definition) is 3. The van der Waals surface area contributed by atoms with Gasteiger partial charge in [-0.25, -0.2) is 0 Å². The lowest BCUT2D eigenvalue weighted by Gasteiger charge is -2.46. The number of nitrogens with one attached hydrogen (secondary N) is 2. The molecule has 4 rings (SSSR count). The van der Waals surface area contributed by atoms with E-state index in [2.05, 4.69) is 10.3 Å². The molecule has 2 atom stereocenters. The van der Waals surface area contributed by atoms with Crippen molar-refractivity contribution < 1.29 is 14.7 Å². The van der Waals surface area contributed by atoms with Crippen LogP contribution in [0.5, 0.6) is 0 Å². The van der Waals surface area contributed by atoms with Gasteiger partial charge in [-0.3, -0.25) is 9.59 Å². The predicted octanol–water partition coefficient (Wildman–Crippen LogP) is 2.23. The highest BCUT2D eigenvalue weighted by Crippen LogP contribution is 2.38. The number of benzene rings is 1. The minimum Gasteiger partial charge on any atom is -0.392 e. The van der Waals surface area contributed by atoms with Gasteiger partial charge >= 0.3 is 0 Å². The van der Waals surface area contributed by atoms with Crippen LogP contribution >= 0.6 is 11.6 Å². The Bertz CT molecular complexity index is 894. The summed E-state index contributed by atoms with van der Waals surface area (Å²) in [6, 6.07) is 5.49. The third-order valence-corrected chi connectivity index (χ3v) is 6.08. The van der Waals surface area contributed by atoms with Gasteiger partial charge in [0.1, 0.15) is 5.69 Å². The Labute approximate surface area is 156 Å². The summed E-state index contributed by atoms with van der Waals surface area (Å²) < 4.78 is 0. The normalized spacial score (nSPS) is 26.3. The first-order valence-electron chi connectivity index (χ1n) is 8.96. The molecule has 1 aromatic carbocycles. The fraction of sp³-hybridized carbons (Fsp3) is 0.474. The zero-order valence-electron chi connectivity index (χ0n) is 14.6. The molecule has 2 amide bonds. The summed E-state index contributed by atoms with van der Waals surface area (Å²) in [4.78, 5) is 30.5. The minimum atomic E-state index is -0.893. The van der Waals surface area contributed by atoms with Gasteiger partial charge in [-0.15, -0.1) is 0 Å². The number of amides is 2. The number of nitrogens with zero attached hydrogens (tertiary/aromatic N) is 1. The van der Waals surface area contributed by atoms with E-state index in [-0.39, 0.29) is 18.4 Å². The van der Waals surface area contributed by atoms with Crippen molar-refractivity contribution in [2.24, 2.45) is 5.41 Å². The summed E-state index contributed by atoms with van der Waals surface area (Å²) in [5, 5.41) is 14.9. The monoisotopic (exact) mass is 375 g/mol. The van der Waals surface area contributed by atoms with Gasteiger partial charge in [-0.05, 0) is 49.9 Å². The lowest BCUT2D eigenvalue weighted by atomic mass is 9.71. The number of piperidine rings is 2. The van der Waals surface area contributed by atoms with Crippen LogP contribution in [0, 0.1) is 12.3 Å². The van der Waals surface area contributed by atoms with Crippen LogP contribution in [0.15, 0.2) is 18.2 Å². The summed E-state index contributed by atoms with van der Waals surface area (Å²) >= 11 is 6.08. The van der Waals surface area contributed by atoms with E-state index in [1.54, 1.807) is 11.0 Å². The largest absolute Gasteiger partial charge is 0.392 e. The SMILES string of the molecule is Cc1c(C(=O)N2CC[C@@H](O)[C@@]3(CCCNC3=O)C2)[nH]c2ccc(Cl)cc12. The molecule has 0 saturated carbocycles. The van der Waals surface area contributed by atoms with Crippen LogP contribution in [0.2, 0.25) is 5.02 Å². The number of aryl methyl sites for hydroxylation is 1. The van der Waals surface area contributed by atoms with Crippen LogP contribution < -0.4 is 5.32 Å². The number of rotatable bonds is 1. The Morgan fingerprint density at radius 3 is 3.00 bits per heavy atom. The average molecular weight is 376 g/mol. The maximum Gasteiger partial charge on any atom is 0.270 e. The van der Waals surface area contributed by atoms with Gasteiger partial charge < -0.3 is 20.3 Å². The molecule has 0 bridgehead atoms. The van der Waals surface area contributed by atoms with Gasteiger partial charge in [0.15, 0.2) is 0 Å². The van der Waals surface area contributed by atoms with Crippen molar-refractivity contribution in [1.29, 1.82) is 0 Å². The molecular formula is C19H22ClN3O3. The first-order valence-corrected chi connectivity index (χ1v) is 9.34. The number of fused-ring (bicyclic) bond motifs is 1. The van der Waals surface area contributed by atoms with Crippen molar-refractivity contribution in [3.05, 3.63) is 34.5 Å². The van der Waals surface area contributed by atoms with E-state index in [4.69, 9.17) is 11.6 Å². The van der Waals surface area contributed by atoms with Crippen LogP contribution in [0.1, 0.15) is 35.3 Å². The van der Waals surface area contributed by atoms with Gasteiger partial charge in [0.2, 0.25) is 5.91 Å². The number of hydrogen-bond acceptors (Lipinski definition) is 3. The van der Waals surface area contributed by atoms with Crippen LogP contribution in [0.25, 0.3) is 10.9 Å². The Morgan fingerprint density at radius 1 is 1.42 bits per heavy atom. The molecule has 1 aromatic heterocycles. The second-order valence-electron chi connectivity index (χ2n) is 7.36. The third-order valence-electron chi connectivity index (χ3n) is 5.84. The highest BCUT2D eigenvalue weighted by molar-refractivity contribution is 6.31. The lowest BCUT2D eigenvalue weighted by Crippen LogP contribution is -2.62. The van der Waals surface area contributed by atoms with Crippen molar-refractivity contribution in [2.75, 3.05) is 19.6 Å². The third kappa shape index (κ3) is 2.59. The molecule has 3 N–H and O–H groups in total. The lowest BCUT2D eigenvalue weighted by molar-refractivity contribution is -0.147. The first kappa shape index (κ1) is 17.4. The van der Waals surface area contributed by atoms with Crippen molar-refractivity contribution in [1.82, 2.24) is 15.2 Å². The second kappa shape index (κ2) is 6.28. The molecule has 2 aliphatic heterocycles. The molecule has 26 heavy (non-hydrogen) atoms. The Morgan fingerprint density at radius 2 is 2.23 bits per heavy atom. The van der Waals surface area contributed by atoms with Gasteiger partial charge in [-0.2, -0.15) is 0 Å². The minimum absolute atomic E-state index is 0.139. The number of aromatic amines is 1. The second-order valence-corrected chi connectivity index (χ2v) is 7.80. The van der Waals surface area contributed by atoms with E-state index in [1.165, 1.54) is 0 Å². The molecular weight excluding hydrogens is 354 g/mol. The summed E-state index contributed by atoms with van der Waals surface area (Å²) in [5.41, 5.74) is 1.33. The summed E-state index contributed by atoms with van der Waals surface area (Å²) in [5.74, 6) is -0.284. The van der Waals surface area contributed by atoms with Crippen LogP contribution in [0.4, 0.5) is 0 Å². The maximum atomic E-state index is 13.2. The maximum absolute atomic E-state index is 13.2. The molecule has 0 radical (unpaired) electrons. The fourth-order valence-electron chi connectivity index (χ4n) is 4.29. The molecule has 3 heterocycles. The molecule has 0 unspecified atom stereocenters. The van der Waals surface area contributed by atoms with Crippen molar-refractivity contribution in [3.8, 4) is 0 Å². The summed E-state index contributed by atoms with van der Waals surface area (Å²) in [7, 11) is 0. The molecule has 138 valence electrons. The van der Waals surface area contributed by atoms with E-state index in [1.807, 2.05) is 19.1 Å². The quantitative estimate of drug-likeness (QED) is 0.714. The van der Waals surface area contributed by atoms with Gasteiger partial charge in [0.25, 0.3) is 5.91 Å². The van der Waals surface area contributed by atoms with E-state index in [0.717, 1.165) is 22.9 Å². The van der Waals surface area contributed by atoms with Gasteiger partial charge in [-0.1, -0.05) is 11.6 Å². The first-order chi connectivity index (χ1) is 12.4. The molecule has 2 aromatic rings. The topological polar surface area (TPSA) is 85.4 Å². The van der Waals surface area contributed by atoms with E-state index < -0.39 is 11.5 Å². The van der Waals surface area contributed by atoms with E-state index >= 15 is 0 Å². The molecule has 1 spiro atoms. The number of likely N-dealkylation sites (tertiary alicyclic amines) is 1. The molecule has 6 nitrogen and oxygen atoms in total. The number of carbonyl (C=O) groups is 2. The molecule has 7 heteroatoms. The predicted molar refractivity (Wildman–Crippen MR) is 99.2 cm³/mol. The molecule has 0 aliphatic carbocycles. The summed E-state index contributed by atoms with van der Waals surface area (Å²) in [6.07, 6.45) is 1.11. The van der Waals surface area contributed by atoms with Crippen LogP contribution in [-0.2, 0) is 4.79 Å². The van der Waals surface area contributed by atoms with Crippen molar-refractivity contribution in [3.63, 3.8) is 0 Å². The highest BCUT2D eigenvalue weighted by atomic mass is 35.5. The number of aliphatic hydroxyl groups excluding tert-OH is 1. The number of carbonyl (C=O) groups excluding carboxylic acids is 2. The Hall–Kier alpha value is -2.05. The molecule has 2 fully saturated rings. The zero-order valence-corrected chi connectivity index (χ0v) is 15.4. The average Bonchev–Trinajstić information content (AvgIpc) is 2.95. The smallest absolute Gasteiger partial charge is 0.270 e. The molecule has 2 aliphatic rings. The van der Waals surface area contributed by atoms with Crippen LogP contribution in [-0.4, -0.2) is 52.5 Å². The zero-order chi connectivity index (χ0) is 18.5. The fourth-order valence-corrected chi connectivity index (χ4v) is 4.46. The summed E-state index contributed by atoms with van der Waals surface area (Å²) in [6.45, 7) is 3.20. The standard InChI is InChI=1S/C19H22ClN3O3/c1-11-13-9-12(20)3-4-14(13)22-16(11)17(25)23-8-5-15(24)19(10-23)6-2-7-21-18(19)26/h3-4,9,15,22,24H,2,5-8,10H2,1H3,(H,21,26)/t15-,19-/m1/s1. The number of aromatic nitrogens is 1. The van der Waals surface area contributed by atoms with Crippen molar-refractivity contribution >= 4 is 34.3 Å². The van der Waals surface area contributed by atoms with E-state index in [9.17, 15) is 14.7 Å². The highest BCUT2D eigenvalue weighted by Gasteiger charge is 2.50. The number of H-pyrrole nitrogens is 1. The van der Waals surface area contributed by atoms with Gasteiger partial charge in [0, 0.05) is 35.6 Å². The molecule has 2 saturated heterocycles. The Balaban J connectivity index is 1.66.